The van der Waals surface area contributed by atoms with Crippen LogP contribution >= 0.6 is 23.2 Å². The maximum Gasteiger partial charge on any atom is 0.257 e. The van der Waals surface area contributed by atoms with Crippen LogP contribution in [0.2, 0.25) is 10.0 Å². The van der Waals surface area contributed by atoms with Crippen molar-refractivity contribution in [1.29, 1.82) is 0 Å². The van der Waals surface area contributed by atoms with Gasteiger partial charge in [0.25, 0.3) is 5.91 Å². The molecule has 116 valence electrons. The van der Waals surface area contributed by atoms with E-state index in [9.17, 15) is 4.79 Å². The minimum atomic E-state index is -0.267. The molecule has 0 aliphatic carbocycles. The van der Waals surface area contributed by atoms with Crippen molar-refractivity contribution in [2.45, 2.75) is 13.5 Å². The largest absolute Gasteiger partial charge is 0.322 e. The average molecular weight is 337 g/mol. The topological polar surface area (TPSA) is 32.3 Å². The minimum Gasteiger partial charge on any atom is -0.322 e. The number of benzene rings is 2. The SMILES string of the molecule is Cc1ccc(NC(=O)c2cccc(Cl)c2Cl)c(CN(C)C)c1. The fourth-order valence-corrected chi connectivity index (χ4v) is 2.57. The zero-order chi connectivity index (χ0) is 16.3. The molecule has 1 N–H and O–H groups in total. The monoisotopic (exact) mass is 336 g/mol. The Labute approximate surface area is 140 Å². The van der Waals surface area contributed by atoms with Crippen LogP contribution in [-0.2, 0) is 6.54 Å². The molecule has 0 aliphatic rings. The summed E-state index contributed by atoms with van der Waals surface area (Å²) in [4.78, 5) is 14.5. The van der Waals surface area contributed by atoms with Crippen molar-refractivity contribution in [3.05, 3.63) is 63.1 Å². The molecule has 22 heavy (non-hydrogen) atoms. The quantitative estimate of drug-likeness (QED) is 0.883. The smallest absolute Gasteiger partial charge is 0.257 e. The molecule has 2 rings (SSSR count). The van der Waals surface area contributed by atoms with Crippen LogP contribution in [0.1, 0.15) is 21.5 Å². The Hall–Kier alpha value is -1.55. The molecule has 0 bridgehead atoms. The molecule has 5 heteroatoms. The van der Waals surface area contributed by atoms with Gasteiger partial charge in [0.1, 0.15) is 0 Å². The molecule has 3 nitrogen and oxygen atoms in total. The third-order valence-corrected chi connectivity index (χ3v) is 4.01. The first-order valence-electron chi connectivity index (χ1n) is 6.88. The van der Waals surface area contributed by atoms with E-state index in [-0.39, 0.29) is 10.9 Å². The fraction of sp³-hybridized carbons (Fsp3) is 0.235. The van der Waals surface area contributed by atoms with Crippen LogP contribution in [-0.4, -0.2) is 24.9 Å². The number of nitrogens with zero attached hydrogens (tertiary/aromatic N) is 1. The molecule has 2 aromatic rings. The highest BCUT2D eigenvalue weighted by atomic mass is 35.5. The summed E-state index contributed by atoms with van der Waals surface area (Å²) in [5.74, 6) is -0.267. The summed E-state index contributed by atoms with van der Waals surface area (Å²) in [5, 5.41) is 3.55. The van der Waals surface area contributed by atoms with E-state index in [2.05, 4.69) is 16.3 Å². The van der Waals surface area contributed by atoms with E-state index >= 15 is 0 Å². The third kappa shape index (κ3) is 4.01. The van der Waals surface area contributed by atoms with Crippen LogP contribution in [0, 0.1) is 6.92 Å². The van der Waals surface area contributed by atoms with Crippen molar-refractivity contribution in [2.24, 2.45) is 0 Å². The van der Waals surface area contributed by atoms with Crippen LogP contribution in [0.5, 0.6) is 0 Å². The Balaban J connectivity index is 2.30. The van der Waals surface area contributed by atoms with E-state index in [0.717, 1.165) is 23.4 Å². The van der Waals surface area contributed by atoms with Crippen LogP contribution in [0.25, 0.3) is 0 Å². The predicted octanol–water partition coefficient (Wildman–Crippen LogP) is 4.62. The number of hydrogen-bond donors (Lipinski definition) is 1. The lowest BCUT2D eigenvalue weighted by Crippen LogP contribution is -2.17. The molecule has 0 unspecified atom stereocenters. The van der Waals surface area contributed by atoms with Crippen molar-refractivity contribution >= 4 is 34.8 Å². The van der Waals surface area contributed by atoms with Crippen LogP contribution < -0.4 is 5.32 Å². The van der Waals surface area contributed by atoms with Gasteiger partial charge in [-0.2, -0.15) is 0 Å². The van der Waals surface area contributed by atoms with Gasteiger partial charge in [0.2, 0.25) is 0 Å². The Morgan fingerprint density at radius 1 is 1.18 bits per heavy atom. The first-order chi connectivity index (χ1) is 10.4. The first kappa shape index (κ1) is 16.8. The molecule has 0 aromatic heterocycles. The van der Waals surface area contributed by atoms with Crippen molar-refractivity contribution < 1.29 is 4.79 Å². The fourth-order valence-electron chi connectivity index (χ4n) is 2.18. The van der Waals surface area contributed by atoms with Gasteiger partial charge in [0, 0.05) is 12.2 Å². The summed E-state index contributed by atoms with van der Waals surface area (Å²) in [6.45, 7) is 2.76. The predicted molar refractivity (Wildman–Crippen MR) is 93.0 cm³/mol. The second-order valence-electron chi connectivity index (χ2n) is 5.45. The van der Waals surface area contributed by atoms with Gasteiger partial charge >= 0.3 is 0 Å². The second kappa shape index (κ2) is 7.14. The minimum absolute atomic E-state index is 0.267. The number of amides is 1. The molecule has 0 atom stereocenters. The molecule has 1 amide bonds. The lowest BCUT2D eigenvalue weighted by Gasteiger charge is -2.16. The Morgan fingerprint density at radius 3 is 2.59 bits per heavy atom. The van der Waals surface area contributed by atoms with Gasteiger partial charge in [-0.15, -0.1) is 0 Å². The van der Waals surface area contributed by atoms with E-state index in [4.69, 9.17) is 23.2 Å². The Bertz CT molecular complexity index is 699. The highest BCUT2D eigenvalue weighted by molar-refractivity contribution is 6.44. The molecular weight excluding hydrogens is 319 g/mol. The second-order valence-corrected chi connectivity index (χ2v) is 6.24. The third-order valence-electron chi connectivity index (χ3n) is 3.19. The van der Waals surface area contributed by atoms with Crippen molar-refractivity contribution in [3.63, 3.8) is 0 Å². The lowest BCUT2D eigenvalue weighted by atomic mass is 10.1. The number of anilines is 1. The number of hydrogen-bond acceptors (Lipinski definition) is 2. The van der Waals surface area contributed by atoms with Crippen LogP contribution in [0.3, 0.4) is 0 Å². The summed E-state index contributed by atoms with van der Waals surface area (Å²) in [6, 6.07) is 11.0. The summed E-state index contributed by atoms with van der Waals surface area (Å²) in [6.07, 6.45) is 0. The van der Waals surface area contributed by atoms with Gasteiger partial charge in [0.15, 0.2) is 0 Å². The average Bonchev–Trinajstić information content (AvgIpc) is 2.44. The van der Waals surface area contributed by atoms with Crippen molar-refractivity contribution in [3.8, 4) is 0 Å². The zero-order valence-corrected chi connectivity index (χ0v) is 14.3. The standard InChI is InChI=1S/C17H18Cl2N2O/c1-11-7-8-15(12(9-11)10-21(2)3)20-17(22)13-5-4-6-14(18)16(13)19/h4-9H,10H2,1-3H3,(H,20,22). The molecule has 0 spiro atoms. The van der Waals surface area contributed by atoms with Crippen molar-refractivity contribution in [2.75, 3.05) is 19.4 Å². The number of aryl methyl sites for hydroxylation is 1. The lowest BCUT2D eigenvalue weighted by molar-refractivity contribution is 0.102. The summed E-state index contributed by atoms with van der Waals surface area (Å²) < 4.78 is 0. The van der Waals surface area contributed by atoms with Gasteiger partial charge < -0.3 is 10.2 Å². The molecule has 0 saturated heterocycles. The first-order valence-corrected chi connectivity index (χ1v) is 7.63. The number of nitrogens with one attached hydrogen (secondary N) is 1. The van der Waals surface area contributed by atoms with Gasteiger partial charge in [-0.25, -0.2) is 0 Å². The number of carbonyl (C=O) groups excluding carboxylic acids is 1. The van der Waals surface area contributed by atoms with E-state index in [1.807, 2.05) is 33.2 Å². The van der Waals surface area contributed by atoms with E-state index < -0.39 is 0 Å². The van der Waals surface area contributed by atoms with Crippen LogP contribution in [0.15, 0.2) is 36.4 Å². The van der Waals surface area contributed by atoms with Crippen LogP contribution in [0.4, 0.5) is 5.69 Å². The maximum absolute atomic E-state index is 12.4. The molecule has 0 aliphatic heterocycles. The van der Waals surface area contributed by atoms with Gasteiger partial charge in [-0.05, 0) is 44.8 Å². The van der Waals surface area contributed by atoms with E-state index in [0.29, 0.717) is 10.6 Å². The number of carbonyl (C=O) groups is 1. The highest BCUT2D eigenvalue weighted by Crippen LogP contribution is 2.27. The number of rotatable bonds is 4. The molecule has 0 heterocycles. The van der Waals surface area contributed by atoms with E-state index in [1.165, 1.54) is 0 Å². The molecule has 2 aromatic carbocycles. The molecule has 0 radical (unpaired) electrons. The molecule has 0 saturated carbocycles. The van der Waals surface area contributed by atoms with E-state index in [1.54, 1.807) is 18.2 Å². The Morgan fingerprint density at radius 2 is 1.91 bits per heavy atom. The number of halogens is 2. The van der Waals surface area contributed by atoms with Gasteiger partial charge in [-0.3, -0.25) is 4.79 Å². The maximum atomic E-state index is 12.4. The molecule has 0 fully saturated rings. The highest BCUT2D eigenvalue weighted by Gasteiger charge is 2.14. The van der Waals surface area contributed by atoms with Gasteiger partial charge in [-0.1, -0.05) is 47.0 Å². The zero-order valence-electron chi connectivity index (χ0n) is 12.8. The summed E-state index contributed by atoms with van der Waals surface area (Å²) >= 11 is 12.1. The molecular formula is C17H18Cl2N2O. The normalized spacial score (nSPS) is 10.8. The summed E-state index contributed by atoms with van der Waals surface area (Å²) in [7, 11) is 3.98. The summed E-state index contributed by atoms with van der Waals surface area (Å²) in [5.41, 5.74) is 3.35. The Kier molecular flexibility index (Phi) is 5.46. The van der Waals surface area contributed by atoms with Gasteiger partial charge in [0.05, 0.1) is 15.6 Å². The van der Waals surface area contributed by atoms with Crippen molar-refractivity contribution in [1.82, 2.24) is 4.90 Å².